The summed E-state index contributed by atoms with van der Waals surface area (Å²) in [6, 6.07) is 7.16. The average Bonchev–Trinajstić information content (AvgIpc) is 2.62. The predicted octanol–water partition coefficient (Wildman–Crippen LogP) is 2.74. The Morgan fingerprint density at radius 2 is 2.22 bits per heavy atom. The molecular weight excluding hydrogens is 249 g/mol. The molecule has 1 heterocycles. The van der Waals surface area contributed by atoms with Gasteiger partial charge in [0.05, 0.1) is 10.7 Å². The van der Waals surface area contributed by atoms with Gasteiger partial charge in [-0.1, -0.05) is 17.8 Å². The minimum absolute atomic E-state index is 0.173. The fourth-order valence-electron chi connectivity index (χ4n) is 1.78. The van der Waals surface area contributed by atoms with Gasteiger partial charge in [0.2, 0.25) is 0 Å². The Morgan fingerprint density at radius 3 is 2.83 bits per heavy atom. The summed E-state index contributed by atoms with van der Waals surface area (Å²) in [5.41, 5.74) is 1.66. The van der Waals surface area contributed by atoms with Crippen LogP contribution < -0.4 is 5.32 Å². The zero-order valence-corrected chi connectivity index (χ0v) is 11.5. The van der Waals surface area contributed by atoms with Crippen molar-refractivity contribution in [2.75, 3.05) is 7.05 Å². The third kappa shape index (κ3) is 2.73. The maximum Gasteiger partial charge on any atom is 0.128 e. The van der Waals surface area contributed by atoms with Crippen LogP contribution in [0.15, 0.2) is 34.2 Å². The normalized spacial score (nSPS) is 10.9. The first-order valence-corrected chi connectivity index (χ1v) is 6.54. The molecule has 0 saturated carbocycles. The number of hydrogen-bond donors (Lipinski definition) is 1. The van der Waals surface area contributed by atoms with Gasteiger partial charge in [-0.25, -0.2) is 4.39 Å². The van der Waals surface area contributed by atoms with Gasteiger partial charge in [-0.3, -0.25) is 4.68 Å². The summed E-state index contributed by atoms with van der Waals surface area (Å²) in [4.78, 5) is 0.923. The van der Waals surface area contributed by atoms with Gasteiger partial charge in [0.15, 0.2) is 0 Å². The second-order valence-corrected chi connectivity index (χ2v) is 5.16. The zero-order chi connectivity index (χ0) is 13.1. The van der Waals surface area contributed by atoms with Crippen LogP contribution in [0.4, 0.5) is 4.39 Å². The van der Waals surface area contributed by atoms with Crippen molar-refractivity contribution in [1.29, 1.82) is 0 Å². The molecule has 0 bridgehead atoms. The van der Waals surface area contributed by atoms with Crippen LogP contribution in [-0.2, 0) is 13.6 Å². The molecule has 0 saturated heterocycles. The Kier molecular flexibility index (Phi) is 4.04. The van der Waals surface area contributed by atoms with E-state index in [9.17, 15) is 4.39 Å². The molecule has 18 heavy (non-hydrogen) atoms. The van der Waals surface area contributed by atoms with Crippen molar-refractivity contribution in [2.45, 2.75) is 23.4 Å². The molecule has 0 aliphatic carbocycles. The molecule has 1 aromatic heterocycles. The van der Waals surface area contributed by atoms with Crippen molar-refractivity contribution >= 4 is 11.8 Å². The van der Waals surface area contributed by atoms with E-state index in [1.165, 1.54) is 17.8 Å². The fourth-order valence-corrected chi connectivity index (χ4v) is 2.85. The van der Waals surface area contributed by atoms with Gasteiger partial charge in [0.1, 0.15) is 5.82 Å². The summed E-state index contributed by atoms with van der Waals surface area (Å²) < 4.78 is 15.6. The van der Waals surface area contributed by atoms with Crippen molar-refractivity contribution in [3.05, 3.63) is 41.3 Å². The summed E-state index contributed by atoms with van der Waals surface area (Å²) in [7, 11) is 3.71. The van der Waals surface area contributed by atoms with Gasteiger partial charge in [-0.05, 0) is 32.2 Å². The molecule has 1 aromatic carbocycles. The Labute approximate surface area is 110 Å². The van der Waals surface area contributed by atoms with Gasteiger partial charge in [0.25, 0.3) is 0 Å². The van der Waals surface area contributed by atoms with E-state index in [0.29, 0.717) is 12.1 Å². The van der Waals surface area contributed by atoms with Crippen molar-refractivity contribution in [3.8, 4) is 0 Å². The Morgan fingerprint density at radius 1 is 1.44 bits per heavy atom. The summed E-state index contributed by atoms with van der Waals surface area (Å²) in [6.45, 7) is 2.47. The standard InChI is InChI=1S/C13H16FN3S/c1-9-7-13(17(3)16-9)18-12-6-4-5-11(14)10(12)8-15-2/h4-7,15H,8H2,1-3H3. The van der Waals surface area contributed by atoms with Gasteiger partial charge < -0.3 is 5.32 Å². The van der Waals surface area contributed by atoms with Crippen LogP contribution >= 0.6 is 11.8 Å². The third-order valence-electron chi connectivity index (χ3n) is 2.60. The van der Waals surface area contributed by atoms with Gasteiger partial charge >= 0.3 is 0 Å². The molecule has 0 atom stereocenters. The quantitative estimate of drug-likeness (QED) is 0.922. The topological polar surface area (TPSA) is 29.9 Å². The first kappa shape index (κ1) is 13.1. The number of benzene rings is 1. The lowest BCUT2D eigenvalue weighted by Gasteiger charge is -2.09. The molecule has 0 radical (unpaired) electrons. The molecule has 2 aromatic rings. The van der Waals surface area contributed by atoms with Gasteiger partial charge in [0, 0.05) is 24.1 Å². The second kappa shape index (κ2) is 5.54. The minimum atomic E-state index is -0.173. The highest BCUT2D eigenvalue weighted by atomic mass is 32.2. The van der Waals surface area contributed by atoms with Gasteiger partial charge in [-0.15, -0.1) is 0 Å². The van der Waals surface area contributed by atoms with Crippen LogP contribution in [0.2, 0.25) is 0 Å². The van der Waals surface area contributed by atoms with E-state index >= 15 is 0 Å². The monoisotopic (exact) mass is 265 g/mol. The number of aromatic nitrogens is 2. The molecule has 0 aliphatic rings. The molecule has 1 N–H and O–H groups in total. The van der Waals surface area contributed by atoms with E-state index in [1.54, 1.807) is 6.07 Å². The fraction of sp³-hybridized carbons (Fsp3) is 0.308. The van der Waals surface area contributed by atoms with Crippen LogP contribution in [0.5, 0.6) is 0 Å². The summed E-state index contributed by atoms with van der Waals surface area (Å²) in [6.07, 6.45) is 0. The van der Waals surface area contributed by atoms with Crippen LogP contribution in [0.3, 0.4) is 0 Å². The van der Waals surface area contributed by atoms with Crippen molar-refractivity contribution in [2.24, 2.45) is 7.05 Å². The van der Waals surface area contributed by atoms with E-state index < -0.39 is 0 Å². The smallest absolute Gasteiger partial charge is 0.128 e. The molecular formula is C13H16FN3S. The van der Waals surface area contributed by atoms with E-state index in [4.69, 9.17) is 0 Å². The molecule has 0 unspecified atom stereocenters. The Hall–Kier alpha value is -1.33. The molecule has 2 rings (SSSR count). The number of hydrogen-bond acceptors (Lipinski definition) is 3. The minimum Gasteiger partial charge on any atom is -0.316 e. The van der Waals surface area contributed by atoms with Crippen LogP contribution in [0.25, 0.3) is 0 Å². The van der Waals surface area contributed by atoms with Crippen LogP contribution in [0.1, 0.15) is 11.3 Å². The lowest BCUT2D eigenvalue weighted by atomic mass is 10.2. The highest BCUT2D eigenvalue weighted by Crippen LogP contribution is 2.31. The lowest BCUT2D eigenvalue weighted by Crippen LogP contribution is -2.08. The number of nitrogens with one attached hydrogen (secondary N) is 1. The van der Waals surface area contributed by atoms with E-state index in [-0.39, 0.29) is 5.82 Å². The van der Waals surface area contributed by atoms with Crippen molar-refractivity contribution < 1.29 is 4.39 Å². The molecule has 96 valence electrons. The third-order valence-corrected chi connectivity index (χ3v) is 3.80. The molecule has 0 spiro atoms. The van der Waals surface area contributed by atoms with E-state index in [0.717, 1.165) is 15.6 Å². The molecule has 0 amide bonds. The summed E-state index contributed by atoms with van der Waals surface area (Å²) in [5, 5.41) is 8.30. The number of halogens is 1. The average molecular weight is 265 g/mol. The molecule has 3 nitrogen and oxygen atoms in total. The summed E-state index contributed by atoms with van der Waals surface area (Å²) in [5.74, 6) is -0.173. The number of rotatable bonds is 4. The highest BCUT2D eigenvalue weighted by molar-refractivity contribution is 7.99. The maximum atomic E-state index is 13.8. The van der Waals surface area contributed by atoms with Crippen molar-refractivity contribution in [1.82, 2.24) is 15.1 Å². The first-order chi connectivity index (χ1) is 8.61. The number of aryl methyl sites for hydroxylation is 2. The Balaban J connectivity index is 2.34. The maximum absolute atomic E-state index is 13.8. The molecule has 0 fully saturated rings. The lowest BCUT2D eigenvalue weighted by molar-refractivity contribution is 0.593. The van der Waals surface area contributed by atoms with Gasteiger partial charge in [-0.2, -0.15) is 5.10 Å². The largest absolute Gasteiger partial charge is 0.316 e. The van der Waals surface area contributed by atoms with Crippen LogP contribution in [0, 0.1) is 12.7 Å². The van der Waals surface area contributed by atoms with E-state index in [1.807, 2.05) is 37.8 Å². The Bertz CT molecular complexity index is 551. The van der Waals surface area contributed by atoms with E-state index in [2.05, 4.69) is 10.4 Å². The summed E-state index contributed by atoms with van der Waals surface area (Å²) >= 11 is 1.54. The SMILES string of the molecule is CNCc1c(F)cccc1Sc1cc(C)nn1C. The highest BCUT2D eigenvalue weighted by Gasteiger charge is 2.11. The van der Waals surface area contributed by atoms with Crippen LogP contribution in [-0.4, -0.2) is 16.8 Å². The second-order valence-electron chi connectivity index (χ2n) is 4.10. The van der Waals surface area contributed by atoms with Crippen molar-refractivity contribution in [3.63, 3.8) is 0 Å². The first-order valence-electron chi connectivity index (χ1n) is 5.72. The predicted molar refractivity (Wildman–Crippen MR) is 71.2 cm³/mol. The molecule has 0 aliphatic heterocycles. The number of nitrogens with zero attached hydrogens (tertiary/aromatic N) is 2. The molecule has 5 heteroatoms. The zero-order valence-electron chi connectivity index (χ0n) is 10.7.